The van der Waals surface area contributed by atoms with Crippen LogP contribution in [0.3, 0.4) is 0 Å². The van der Waals surface area contributed by atoms with Gasteiger partial charge in [-0.25, -0.2) is 4.99 Å². The predicted molar refractivity (Wildman–Crippen MR) is 99.8 cm³/mol. The van der Waals surface area contributed by atoms with Crippen LogP contribution >= 0.6 is 24.0 Å². The van der Waals surface area contributed by atoms with Crippen molar-refractivity contribution in [3.05, 3.63) is 11.7 Å². The lowest BCUT2D eigenvalue weighted by molar-refractivity contribution is -0.130. The normalized spacial score (nSPS) is 10.9. The molecule has 0 aliphatic heterocycles. The monoisotopic (exact) mass is 438 g/mol. The molecule has 0 fully saturated rings. The molecule has 0 saturated heterocycles. The van der Waals surface area contributed by atoms with E-state index < -0.39 is 0 Å². The van der Waals surface area contributed by atoms with Gasteiger partial charge in [0, 0.05) is 39.5 Å². The van der Waals surface area contributed by atoms with Crippen molar-refractivity contribution < 1.29 is 9.32 Å². The van der Waals surface area contributed by atoms with Crippen LogP contribution in [0.2, 0.25) is 0 Å². The summed E-state index contributed by atoms with van der Waals surface area (Å²) in [4.78, 5) is 22.2. The van der Waals surface area contributed by atoms with Gasteiger partial charge in [-0.1, -0.05) is 5.16 Å². The maximum Gasteiger partial charge on any atom is 0.224 e. The summed E-state index contributed by atoms with van der Waals surface area (Å²) < 4.78 is 4.90. The van der Waals surface area contributed by atoms with E-state index in [1.807, 2.05) is 25.7 Å². The number of nitrogens with zero attached hydrogens (tertiary/aromatic N) is 4. The molecule has 23 heavy (non-hydrogen) atoms. The van der Waals surface area contributed by atoms with E-state index in [2.05, 4.69) is 25.8 Å². The molecule has 0 radical (unpaired) electrons. The van der Waals surface area contributed by atoms with Crippen molar-refractivity contribution in [1.82, 2.24) is 25.7 Å². The molecule has 0 atom stereocenters. The van der Waals surface area contributed by atoms with Crippen LogP contribution in [-0.4, -0.2) is 53.1 Å². The molecule has 2 N–H and O–H groups in total. The van der Waals surface area contributed by atoms with E-state index in [4.69, 9.17) is 4.52 Å². The van der Waals surface area contributed by atoms with Gasteiger partial charge in [-0.2, -0.15) is 4.98 Å². The van der Waals surface area contributed by atoms with Crippen molar-refractivity contribution in [1.29, 1.82) is 0 Å². The summed E-state index contributed by atoms with van der Waals surface area (Å²) in [5.41, 5.74) is 0. The molecule has 1 aromatic rings. The average Bonchev–Trinajstić information content (AvgIpc) is 2.91. The number of aryl methyl sites for hydroxylation is 1. The number of guanidine groups is 1. The molecule has 0 spiro atoms. The Hall–Kier alpha value is -1.39. The fraction of sp³-hybridized carbons (Fsp3) is 0.714. The Morgan fingerprint density at radius 3 is 2.48 bits per heavy atom. The highest BCUT2D eigenvalue weighted by atomic mass is 127. The van der Waals surface area contributed by atoms with Gasteiger partial charge in [0.1, 0.15) is 6.54 Å². The molecule has 0 bridgehead atoms. The maximum atomic E-state index is 11.9. The van der Waals surface area contributed by atoms with E-state index >= 15 is 0 Å². The summed E-state index contributed by atoms with van der Waals surface area (Å²) in [6.45, 7) is 10.8. The van der Waals surface area contributed by atoms with Crippen LogP contribution in [0.1, 0.15) is 38.9 Å². The molecule has 1 heterocycles. The van der Waals surface area contributed by atoms with Crippen LogP contribution < -0.4 is 10.6 Å². The number of hydrogen-bond acceptors (Lipinski definition) is 5. The van der Waals surface area contributed by atoms with Crippen molar-refractivity contribution in [2.75, 3.05) is 26.2 Å². The Bertz CT molecular complexity index is 487. The first-order valence-corrected chi connectivity index (χ1v) is 7.69. The number of rotatable bonds is 8. The summed E-state index contributed by atoms with van der Waals surface area (Å²) in [5, 5.41) is 10.0. The Kier molecular flexibility index (Phi) is 11.4. The van der Waals surface area contributed by atoms with Gasteiger partial charge in [-0.15, -0.1) is 24.0 Å². The van der Waals surface area contributed by atoms with Gasteiger partial charge in [0.15, 0.2) is 11.8 Å². The van der Waals surface area contributed by atoms with E-state index in [0.717, 1.165) is 19.6 Å². The Morgan fingerprint density at radius 1 is 1.26 bits per heavy atom. The highest BCUT2D eigenvalue weighted by molar-refractivity contribution is 14.0. The number of nitrogens with one attached hydrogen (secondary N) is 2. The van der Waals surface area contributed by atoms with Gasteiger partial charge in [0.2, 0.25) is 11.8 Å². The van der Waals surface area contributed by atoms with Gasteiger partial charge < -0.3 is 20.1 Å². The Balaban J connectivity index is 0.00000484. The number of hydrogen-bond donors (Lipinski definition) is 2. The van der Waals surface area contributed by atoms with Crippen molar-refractivity contribution in [3.63, 3.8) is 0 Å². The number of amides is 1. The van der Waals surface area contributed by atoms with E-state index in [1.165, 1.54) is 0 Å². The van der Waals surface area contributed by atoms with Gasteiger partial charge in [0.05, 0.1) is 0 Å². The standard InChI is InChI=1S/C14H26N6O2.HI/c1-5-15-14(17-10-12-18-11(4)22-19-12)16-9-8-13(21)20(6-2)7-3;/h5-10H2,1-4H3,(H2,15,16,17);1H. The average molecular weight is 438 g/mol. The predicted octanol–water partition coefficient (Wildman–Crippen LogP) is 1.31. The van der Waals surface area contributed by atoms with Gasteiger partial charge in [-0.3, -0.25) is 4.79 Å². The largest absolute Gasteiger partial charge is 0.357 e. The second-order valence-corrected chi connectivity index (χ2v) is 4.67. The number of carbonyl (C=O) groups is 1. The molecule has 9 heteroatoms. The fourth-order valence-electron chi connectivity index (χ4n) is 1.92. The summed E-state index contributed by atoms with van der Waals surface area (Å²) in [6.07, 6.45) is 0.438. The van der Waals surface area contributed by atoms with E-state index in [1.54, 1.807) is 6.92 Å². The first-order chi connectivity index (χ1) is 10.6. The first-order valence-electron chi connectivity index (χ1n) is 7.69. The summed E-state index contributed by atoms with van der Waals surface area (Å²) >= 11 is 0. The number of halogens is 1. The highest BCUT2D eigenvalue weighted by Gasteiger charge is 2.09. The van der Waals surface area contributed by atoms with Crippen LogP contribution in [0.25, 0.3) is 0 Å². The van der Waals surface area contributed by atoms with E-state index in [-0.39, 0.29) is 29.9 Å². The van der Waals surface area contributed by atoms with Gasteiger partial charge >= 0.3 is 0 Å². The molecule has 0 saturated carbocycles. The first kappa shape index (κ1) is 21.6. The number of carbonyl (C=O) groups excluding carboxylic acids is 1. The molecule has 8 nitrogen and oxygen atoms in total. The number of aliphatic imine (C=N–C) groups is 1. The molecule has 0 aliphatic rings. The molecular formula is C14H27IN6O2. The molecule has 0 aromatic carbocycles. The topological polar surface area (TPSA) is 95.6 Å². The maximum absolute atomic E-state index is 11.9. The summed E-state index contributed by atoms with van der Waals surface area (Å²) in [5.74, 6) is 1.83. The van der Waals surface area contributed by atoms with Gasteiger partial charge in [0.25, 0.3) is 0 Å². The van der Waals surface area contributed by atoms with Crippen molar-refractivity contribution >= 4 is 35.8 Å². The van der Waals surface area contributed by atoms with Gasteiger partial charge in [-0.05, 0) is 20.8 Å². The summed E-state index contributed by atoms with van der Waals surface area (Å²) in [7, 11) is 0. The summed E-state index contributed by atoms with van der Waals surface area (Å²) in [6, 6.07) is 0. The lowest BCUT2D eigenvalue weighted by Crippen LogP contribution is -2.40. The van der Waals surface area contributed by atoms with Crippen LogP contribution in [-0.2, 0) is 11.3 Å². The van der Waals surface area contributed by atoms with Crippen LogP contribution in [0.15, 0.2) is 9.52 Å². The second kappa shape index (κ2) is 12.1. The molecule has 0 unspecified atom stereocenters. The minimum absolute atomic E-state index is 0. The molecule has 1 rings (SSSR count). The lowest BCUT2D eigenvalue weighted by Gasteiger charge is -2.19. The zero-order valence-electron chi connectivity index (χ0n) is 14.3. The van der Waals surface area contributed by atoms with E-state index in [0.29, 0.717) is 37.2 Å². The molecule has 1 amide bonds. The Morgan fingerprint density at radius 2 is 1.96 bits per heavy atom. The molecule has 1 aromatic heterocycles. The van der Waals surface area contributed by atoms with E-state index in [9.17, 15) is 4.79 Å². The van der Waals surface area contributed by atoms with Crippen molar-refractivity contribution in [2.45, 2.75) is 40.7 Å². The third kappa shape index (κ3) is 8.14. The minimum Gasteiger partial charge on any atom is -0.357 e. The third-order valence-corrected chi connectivity index (χ3v) is 3.04. The fourth-order valence-corrected chi connectivity index (χ4v) is 1.92. The van der Waals surface area contributed by atoms with Crippen LogP contribution in [0.5, 0.6) is 0 Å². The third-order valence-electron chi connectivity index (χ3n) is 3.04. The molecule has 0 aliphatic carbocycles. The molecular weight excluding hydrogens is 411 g/mol. The van der Waals surface area contributed by atoms with Crippen LogP contribution in [0.4, 0.5) is 0 Å². The Labute approximate surface area is 154 Å². The van der Waals surface area contributed by atoms with Crippen molar-refractivity contribution in [2.24, 2.45) is 4.99 Å². The highest BCUT2D eigenvalue weighted by Crippen LogP contribution is 1.97. The quantitative estimate of drug-likeness (QED) is 0.361. The number of aromatic nitrogens is 2. The second-order valence-electron chi connectivity index (χ2n) is 4.67. The zero-order chi connectivity index (χ0) is 16.4. The minimum atomic E-state index is 0. The lowest BCUT2D eigenvalue weighted by atomic mass is 10.3. The SMILES string of the molecule is CCNC(=NCc1noc(C)n1)NCCC(=O)N(CC)CC.I. The molecule has 132 valence electrons. The van der Waals surface area contributed by atoms with Crippen LogP contribution in [0, 0.1) is 6.92 Å². The van der Waals surface area contributed by atoms with Crippen molar-refractivity contribution in [3.8, 4) is 0 Å². The zero-order valence-corrected chi connectivity index (χ0v) is 16.6. The smallest absolute Gasteiger partial charge is 0.224 e.